The van der Waals surface area contributed by atoms with Crippen LogP contribution in [0.5, 0.6) is 0 Å². The van der Waals surface area contributed by atoms with Crippen molar-refractivity contribution in [2.45, 2.75) is 58.5 Å². The summed E-state index contributed by atoms with van der Waals surface area (Å²) in [6.45, 7) is 5.96. The molecule has 28 heavy (non-hydrogen) atoms. The SMILES string of the molecule is Cc1ccc(NC(=O)CC(C)NC(CCC(=O)O)Cc2ccccc2)c(C)c1. The Morgan fingerprint density at radius 2 is 1.79 bits per heavy atom. The summed E-state index contributed by atoms with van der Waals surface area (Å²) in [5, 5.41) is 15.4. The Morgan fingerprint density at radius 1 is 1.07 bits per heavy atom. The van der Waals surface area contributed by atoms with Gasteiger partial charge in [0.2, 0.25) is 5.91 Å². The monoisotopic (exact) mass is 382 g/mol. The number of amides is 1. The molecule has 0 radical (unpaired) electrons. The zero-order valence-electron chi connectivity index (χ0n) is 16.9. The first kappa shape index (κ1) is 21.6. The molecule has 2 atom stereocenters. The Morgan fingerprint density at radius 3 is 2.43 bits per heavy atom. The van der Waals surface area contributed by atoms with Crippen LogP contribution in [0.25, 0.3) is 0 Å². The van der Waals surface area contributed by atoms with Crippen molar-refractivity contribution in [3.05, 3.63) is 65.2 Å². The Bertz CT molecular complexity index is 790. The zero-order valence-corrected chi connectivity index (χ0v) is 16.9. The maximum atomic E-state index is 12.4. The van der Waals surface area contributed by atoms with E-state index in [0.29, 0.717) is 12.8 Å². The van der Waals surface area contributed by atoms with Gasteiger partial charge in [0.25, 0.3) is 0 Å². The fourth-order valence-electron chi connectivity index (χ4n) is 3.34. The highest BCUT2D eigenvalue weighted by atomic mass is 16.4. The van der Waals surface area contributed by atoms with Crippen LogP contribution in [0.1, 0.15) is 42.9 Å². The molecule has 2 aromatic rings. The van der Waals surface area contributed by atoms with Gasteiger partial charge in [0.1, 0.15) is 0 Å². The van der Waals surface area contributed by atoms with Gasteiger partial charge in [0.05, 0.1) is 0 Å². The Hall–Kier alpha value is -2.66. The standard InChI is InChI=1S/C23H30N2O3/c1-16-9-11-21(17(2)13-16)25-22(26)14-18(3)24-20(10-12-23(27)28)15-19-7-5-4-6-8-19/h4-9,11,13,18,20,24H,10,12,14-15H2,1-3H3,(H,25,26)(H,27,28). The van der Waals surface area contributed by atoms with Crippen LogP contribution in [0.2, 0.25) is 0 Å². The van der Waals surface area contributed by atoms with Crippen molar-refractivity contribution >= 4 is 17.6 Å². The van der Waals surface area contributed by atoms with E-state index in [-0.39, 0.29) is 24.4 Å². The smallest absolute Gasteiger partial charge is 0.303 e. The van der Waals surface area contributed by atoms with Gasteiger partial charge < -0.3 is 15.7 Å². The minimum Gasteiger partial charge on any atom is -0.481 e. The van der Waals surface area contributed by atoms with Gasteiger partial charge in [-0.2, -0.15) is 0 Å². The third-order valence-corrected chi connectivity index (χ3v) is 4.70. The lowest BCUT2D eigenvalue weighted by molar-refractivity contribution is -0.137. The number of anilines is 1. The maximum Gasteiger partial charge on any atom is 0.303 e. The van der Waals surface area contributed by atoms with Gasteiger partial charge in [-0.05, 0) is 50.8 Å². The molecule has 5 nitrogen and oxygen atoms in total. The van der Waals surface area contributed by atoms with Crippen molar-refractivity contribution in [3.63, 3.8) is 0 Å². The highest BCUT2D eigenvalue weighted by molar-refractivity contribution is 5.91. The minimum absolute atomic E-state index is 0.00223. The molecule has 2 unspecified atom stereocenters. The molecule has 150 valence electrons. The molecule has 2 aromatic carbocycles. The van der Waals surface area contributed by atoms with Crippen molar-refractivity contribution in [1.29, 1.82) is 0 Å². The first-order valence-electron chi connectivity index (χ1n) is 9.72. The van der Waals surface area contributed by atoms with Crippen LogP contribution in [0.3, 0.4) is 0 Å². The van der Waals surface area contributed by atoms with Crippen molar-refractivity contribution in [1.82, 2.24) is 5.32 Å². The van der Waals surface area contributed by atoms with Gasteiger partial charge in [0.15, 0.2) is 0 Å². The molecule has 3 N–H and O–H groups in total. The van der Waals surface area contributed by atoms with E-state index < -0.39 is 5.97 Å². The lowest BCUT2D eigenvalue weighted by Gasteiger charge is -2.23. The van der Waals surface area contributed by atoms with E-state index in [2.05, 4.69) is 10.6 Å². The predicted molar refractivity (Wildman–Crippen MR) is 113 cm³/mol. The Balaban J connectivity index is 1.92. The topological polar surface area (TPSA) is 78.4 Å². The van der Waals surface area contributed by atoms with Crippen LogP contribution < -0.4 is 10.6 Å². The average Bonchev–Trinajstić information content (AvgIpc) is 2.63. The van der Waals surface area contributed by atoms with E-state index in [1.807, 2.05) is 69.3 Å². The van der Waals surface area contributed by atoms with E-state index in [0.717, 1.165) is 28.8 Å². The van der Waals surface area contributed by atoms with Crippen molar-refractivity contribution < 1.29 is 14.7 Å². The van der Waals surface area contributed by atoms with Gasteiger partial charge in [-0.3, -0.25) is 9.59 Å². The molecule has 0 aliphatic rings. The molecule has 2 rings (SSSR count). The van der Waals surface area contributed by atoms with E-state index in [4.69, 9.17) is 5.11 Å². The summed E-state index contributed by atoms with van der Waals surface area (Å²) in [6.07, 6.45) is 1.68. The highest BCUT2D eigenvalue weighted by Crippen LogP contribution is 2.16. The molecule has 0 saturated carbocycles. The number of carbonyl (C=O) groups is 2. The summed E-state index contributed by atoms with van der Waals surface area (Å²) in [7, 11) is 0. The lowest BCUT2D eigenvalue weighted by atomic mass is 10.0. The first-order valence-corrected chi connectivity index (χ1v) is 9.72. The number of hydrogen-bond donors (Lipinski definition) is 3. The predicted octanol–water partition coefficient (Wildman–Crippen LogP) is 4.09. The summed E-state index contributed by atoms with van der Waals surface area (Å²) in [5.74, 6) is -0.858. The molecule has 0 aliphatic heterocycles. The molecule has 0 aliphatic carbocycles. The van der Waals surface area contributed by atoms with E-state index in [1.165, 1.54) is 0 Å². The summed E-state index contributed by atoms with van der Waals surface area (Å²) < 4.78 is 0. The number of aryl methyl sites for hydroxylation is 2. The molecular weight excluding hydrogens is 352 g/mol. The Kier molecular flexibility index (Phi) is 8.20. The summed E-state index contributed by atoms with van der Waals surface area (Å²) >= 11 is 0. The second-order valence-electron chi connectivity index (χ2n) is 7.46. The highest BCUT2D eigenvalue weighted by Gasteiger charge is 2.17. The molecular formula is C23H30N2O3. The summed E-state index contributed by atoms with van der Waals surface area (Å²) in [5.41, 5.74) is 4.18. The number of carboxylic acids is 1. The number of hydrogen-bond acceptors (Lipinski definition) is 3. The number of carbonyl (C=O) groups excluding carboxylic acids is 1. The van der Waals surface area contributed by atoms with Gasteiger partial charge in [-0.25, -0.2) is 0 Å². The second-order valence-corrected chi connectivity index (χ2v) is 7.46. The molecule has 0 aromatic heterocycles. The molecule has 0 spiro atoms. The molecule has 0 fully saturated rings. The van der Waals surface area contributed by atoms with E-state index in [9.17, 15) is 9.59 Å². The van der Waals surface area contributed by atoms with Crippen molar-refractivity contribution in [3.8, 4) is 0 Å². The fraction of sp³-hybridized carbons (Fsp3) is 0.391. The summed E-state index contributed by atoms with van der Waals surface area (Å²) in [4.78, 5) is 23.4. The van der Waals surface area contributed by atoms with E-state index in [1.54, 1.807) is 0 Å². The lowest BCUT2D eigenvalue weighted by Crippen LogP contribution is -2.40. The van der Waals surface area contributed by atoms with Crippen LogP contribution in [0.15, 0.2) is 48.5 Å². The Labute approximate surface area is 167 Å². The van der Waals surface area contributed by atoms with Gasteiger partial charge in [0, 0.05) is 30.6 Å². The second kappa shape index (κ2) is 10.6. The molecule has 5 heteroatoms. The number of aliphatic carboxylic acids is 1. The number of benzene rings is 2. The largest absolute Gasteiger partial charge is 0.481 e. The third kappa shape index (κ3) is 7.53. The van der Waals surface area contributed by atoms with Crippen LogP contribution in [-0.2, 0) is 16.0 Å². The van der Waals surface area contributed by atoms with Gasteiger partial charge >= 0.3 is 5.97 Å². The third-order valence-electron chi connectivity index (χ3n) is 4.70. The maximum absolute atomic E-state index is 12.4. The molecule has 1 amide bonds. The fourth-order valence-corrected chi connectivity index (χ4v) is 3.34. The number of carboxylic acid groups (broad SMARTS) is 1. The summed E-state index contributed by atoms with van der Waals surface area (Å²) in [6, 6.07) is 15.9. The quantitative estimate of drug-likeness (QED) is 0.578. The van der Waals surface area contributed by atoms with Crippen LogP contribution in [0, 0.1) is 13.8 Å². The van der Waals surface area contributed by atoms with Gasteiger partial charge in [-0.15, -0.1) is 0 Å². The van der Waals surface area contributed by atoms with Gasteiger partial charge in [-0.1, -0.05) is 48.0 Å². The zero-order chi connectivity index (χ0) is 20.5. The van der Waals surface area contributed by atoms with Crippen LogP contribution >= 0.6 is 0 Å². The van der Waals surface area contributed by atoms with E-state index >= 15 is 0 Å². The minimum atomic E-state index is -0.805. The normalized spacial score (nSPS) is 13.0. The number of rotatable bonds is 10. The number of nitrogens with one attached hydrogen (secondary N) is 2. The molecule has 0 bridgehead atoms. The molecule has 0 heterocycles. The molecule has 0 saturated heterocycles. The van der Waals surface area contributed by atoms with Crippen LogP contribution in [-0.4, -0.2) is 29.1 Å². The van der Waals surface area contributed by atoms with Crippen LogP contribution in [0.4, 0.5) is 5.69 Å². The van der Waals surface area contributed by atoms with Crippen molar-refractivity contribution in [2.24, 2.45) is 0 Å². The average molecular weight is 383 g/mol. The van der Waals surface area contributed by atoms with Crippen molar-refractivity contribution in [2.75, 3.05) is 5.32 Å². The first-order chi connectivity index (χ1) is 13.3.